The van der Waals surface area contributed by atoms with Crippen LogP contribution in [0.5, 0.6) is 0 Å². The van der Waals surface area contributed by atoms with Crippen molar-refractivity contribution in [1.29, 1.82) is 0 Å². The van der Waals surface area contributed by atoms with E-state index in [1.807, 2.05) is 4.90 Å². The molecular formula is C19H22F3N3O3S2. The molecule has 6 nitrogen and oxygen atoms in total. The first-order chi connectivity index (χ1) is 13.8. The summed E-state index contributed by atoms with van der Waals surface area (Å²) in [4.78, 5) is 2.24. The van der Waals surface area contributed by atoms with E-state index in [1.165, 1.54) is 34.6 Å². The van der Waals surface area contributed by atoms with Gasteiger partial charge >= 0.3 is 6.18 Å². The van der Waals surface area contributed by atoms with Gasteiger partial charge in [0, 0.05) is 48.8 Å². The van der Waals surface area contributed by atoms with Gasteiger partial charge in [0.05, 0.1) is 4.91 Å². The van der Waals surface area contributed by atoms with Crippen molar-refractivity contribution in [2.75, 3.05) is 31.1 Å². The summed E-state index contributed by atoms with van der Waals surface area (Å²) in [6.07, 6.45) is -1.44. The highest BCUT2D eigenvalue weighted by Crippen LogP contribution is 2.39. The number of piperazine rings is 1. The molecule has 0 bridgehead atoms. The van der Waals surface area contributed by atoms with Crippen LogP contribution in [0, 0.1) is 0 Å². The van der Waals surface area contributed by atoms with Crippen molar-refractivity contribution < 1.29 is 26.7 Å². The molecule has 1 saturated heterocycles. The summed E-state index contributed by atoms with van der Waals surface area (Å²) in [5, 5.41) is 9.77. The lowest BCUT2D eigenvalue weighted by Crippen LogP contribution is -2.49. The average Bonchev–Trinajstić information content (AvgIpc) is 2.69. The van der Waals surface area contributed by atoms with E-state index in [4.69, 9.17) is 18.0 Å². The second-order valence-electron chi connectivity index (χ2n) is 7.35. The van der Waals surface area contributed by atoms with Crippen molar-refractivity contribution in [2.24, 2.45) is 5.73 Å². The van der Waals surface area contributed by atoms with Crippen LogP contribution in [-0.2, 0) is 15.6 Å². The summed E-state index contributed by atoms with van der Waals surface area (Å²) < 4.78 is 66.1. The zero-order chi connectivity index (χ0) is 22.3. The van der Waals surface area contributed by atoms with Crippen LogP contribution >= 0.6 is 12.2 Å². The minimum atomic E-state index is -4.79. The summed E-state index contributed by atoms with van der Waals surface area (Å²) in [7, 11) is -3.77. The van der Waals surface area contributed by atoms with E-state index in [-0.39, 0.29) is 23.6 Å². The van der Waals surface area contributed by atoms with E-state index >= 15 is 0 Å². The van der Waals surface area contributed by atoms with E-state index in [9.17, 15) is 26.7 Å². The number of hydrogen-bond acceptors (Lipinski definition) is 6. The SMILES string of the molecule is C[C@@](O)(c1ccc(N2CCN(S(=O)(=O)C3=CC(N)=CCC3=S)CC2)cc1)C(F)(F)F. The van der Waals surface area contributed by atoms with Gasteiger partial charge < -0.3 is 15.7 Å². The fourth-order valence-corrected chi connectivity index (χ4v) is 5.34. The van der Waals surface area contributed by atoms with Gasteiger partial charge in [-0.05, 0) is 30.7 Å². The summed E-state index contributed by atoms with van der Waals surface area (Å²) in [5.41, 5.74) is 3.53. The standard InChI is InChI=1S/C19H22F3N3O3S2/c1-18(26,19(20,21)22)13-2-5-15(6-3-13)24-8-10-25(11-9-24)30(27,28)17-12-14(23)4-7-16(17)29/h2-6,12,26H,7-11,23H2,1H3/t18-/m1/s1. The Labute approximate surface area is 178 Å². The lowest BCUT2D eigenvalue weighted by atomic mass is 9.95. The Bertz CT molecular complexity index is 992. The highest BCUT2D eigenvalue weighted by molar-refractivity contribution is 7.96. The van der Waals surface area contributed by atoms with Gasteiger partial charge in [0.15, 0.2) is 5.60 Å². The number of sulfonamides is 1. The molecule has 0 amide bonds. The highest BCUT2D eigenvalue weighted by Gasteiger charge is 2.51. The minimum Gasteiger partial charge on any atom is -0.399 e. The minimum absolute atomic E-state index is 0.0460. The first-order valence-electron chi connectivity index (χ1n) is 9.19. The number of allylic oxidation sites excluding steroid dienone is 3. The molecule has 1 fully saturated rings. The average molecular weight is 462 g/mol. The third-order valence-corrected chi connectivity index (χ3v) is 7.78. The molecule has 1 aliphatic carbocycles. The van der Waals surface area contributed by atoms with Crippen molar-refractivity contribution in [2.45, 2.75) is 25.1 Å². The molecule has 1 aromatic carbocycles. The third kappa shape index (κ3) is 4.25. The Morgan fingerprint density at radius 1 is 1.10 bits per heavy atom. The second-order valence-corrected chi connectivity index (χ2v) is 9.75. The second kappa shape index (κ2) is 7.95. The van der Waals surface area contributed by atoms with Gasteiger partial charge in [0.2, 0.25) is 10.0 Å². The van der Waals surface area contributed by atoms with Crippen LogP contribution in [-0.4, -0.2) is 55.0 Å². The fraction of sp³-hybridized carbons (Fsp3) is 0.421. The zero-order valence-electron chi connectivity index (χ0n) is 16.2. The summed E-state index contributed by atoms with van der Waals surface area (Å²) in [6, 6.07) is 5.44. The molecule has 0 unspecified atom stereocenters. The number of nitrogens with zero attached hydrogens (tertiary/aromatic N) is 2. The number of hydrogen-bond donors (Lipinski definition) is 2. The number of alkyl halides is 3. The molecule has 1 aromatic rings. The Hall–Kier alpha value is -1.95. The molecule has 1 atom stereocenters. The Morgan fingerprint density at radius 2 is 1.67 bits per heavy atom. The van der Waals surface area contributed by atoms with Crippen LogP contribution < -0.4 is 10.6 Å². The first-order valence-corrected chi connectivity index (χ1v) is 11.0. The molecule has 2 aliphatic rings. The van der Waals surface area contributed by atoms with Crippen molar-refractivity contribution in [3.63, 3.8) is 0 Å². The van der Waals surface area contributed by atoms with Gasteiger partial charge in [-0.25, -0.2) is 8.42 Å². The van der Waals surface area contributed by atoms with Crippen LogP contribution in [0.2, 0.25) is 0 Å². The monoisotopic (exact) mass is 461 g/mol. The topological polar surface area (TPSA) is 86.9 Å². The van der Waals surface area contributed by atoms with Crippen LogP contribution in [0.25, 0.3) is 0 Å². The number of thiocarbonyl (C=S) groups is 1. The molecule has 0 saturated carbocycles. The lowest BCUT2D eigenvalue weighted by molar-refractivity contribution is -0.258. The van der Waals surface area contributed by atoms with Crippen LogP contribution in [0.1, 0.15) is 18.9 Å². The number of aliphatic hydroxyl groups is 1. The van der Waals surface area contributed by atoms with E-state index in [1.54, 1.807) is 6.08 Å². The maximum absolute atomic E-state index is 13.0. The molecule has 3 N–H and O–H groups in total. The molecular weight excluding hydrogens is 439 g/mol. The molecule has 1 heterocycles. The predicted octanol–water partition coefficient (Wildman–Crippen LogP) is 2.41. The van der Waals surface area contributed by atoms with Crippen molar-refractivity contribution in [3.05, 3.63) is 52.6 Å². The van der Waals surface area contributed by atoms with Gasteiger partial charge in [0.1, 0.15) is 0 Å². The first kappa shape index (κ1) is 22.7. The number of halogens is 3. The molecule has 1 aliphatic heterocycles. The molecule has 0 aromatic heterocycles. The van der Waals surface area contributed by atoms with Gasteiger partial charge in [-0.3, -0.25) is 0 Å². The quantitative estimate of drug-likeness (QED) is 0.670. The van der Waals surface area contributed by atoms with E-state index in [0.29, 0.717) is 42.7 Å². The van der Waals surface area contributed by atoms with Crippen LogP contribution in [0.15, 0.2) is 47.0 Å². The molecule has 11 heteroatoms. The van der Waals surface area contributed by atoms with E-state index in [2.05, 4.69) is 0 Å². The highest BCUT2D eigenvalue weighted by atomic mass is 32.2. The lowest BCUT2D eigenvalue weighted by Gasteiger charge is -2.36. The van der Waals surface area contributed by atoms with Crippen LogP contribution in [0.4, 0.5) is 18.9 Å². The molecule has 3 rings (SSSR count). The molecule has 0 radical (unpaired) electrons. The van der Waals surface area contributed by atoms with Crippen molar-refractivity contribution in [1.82, 2.24) is 4.31 Å². The summed E-state index contributed by atoms with van der Waals surface area (Å²) in [5.74, 6) is 0. The number of anilines is 1. The van der Waals surface area contributed by atoms with Gasteiger partial charge in [-0.2, -0.15) is 17.5 Å². The largest absolute Gasteiger partial charge is 0.421 e. The molecule has 0 spiro atoms. The maximum Gasteiger partial charge on any atom is 0.421 e. The Morgan fingerprint density at radius 3 is 2.20 bits per heavy atom. The predicted molar refractivity (Wildman–Crippen MR) is 112 cm³/mol. The van der Waals surface area contributed by atoms with Gasteiger partial charge in [-0.1, -0.05) is 30.4 Å². The normalized spacial score (nSPS) is 21.1. The number of benzene rings is 1. The Kier molecular flexibility index (Phi) is 6.02. The number of rotatable bonds is 4. The van der Waals surface area contributed by atoms with E-state index in [0.717, 1.165) is 0 Å². The van der Waals surface area contributed by atoms with Gasteiger partial charge in [-0.15, -0.1) is 0 Å². The smallest absolute Gasteiger partial charge is 0.399 e. The Balaban J connectivity index is 1.70. The van der Waals surface area contributed by atoms with Crippen molar-refractivity contribution >= 4 is 32.8 Å². The molecule has 164 valence electrons. The molecule has 30 heavy (non-hydrogen) atoms. The fourth-order valence-electron chi connectivity index (χ4n) is 3.31. The summed E-state index contributed by atoms with van der Waals surface area (Å²) in [6.45, 7) is 1.83. The zero-order valence-corrected chi connectivity index (χ0v) is 17.8. The van der Waals surface area contributed by atoms with E-state index < -0.39 is 21.8 Å². The maximum atomic E-state index is 13.0. The number of nitrogens with two attached hydrogens (primary N) is 1. The van der Waals surface area contributed by atoms with Gasteiger partial charge in [0.25, 0.3) is 0 Å². The third-order valence-electron chi connectivity index (χ3n) is 5.30. The van der Waals surface area contributed by atoms with Crippen LogP contribution in [0.3, 0.4) is 0 Å². The summed E-state index contributed by atoms with van der Waals surface area (Å²) >= 11 is 5.18. The van der Waals surface area contributed by atoms with Crippen molar-refractivity contribution in [3.8, 4) is 0 Å².